The van der Waals surface area contributed by atoms with Crippen molar-refractivity contribution in [1.82, 2.24) is 19.7 Å². The second kappa shape index (κ2) is 6.77. The largest absolute Gasteiger partial charge is 0.369 e. The van der Waals surface area contributed by atoms with E-state index in [1.165, 1.54) is 6.07 Å². The van der Waals surface area contributed by atoms with E-state index >= 15 is 0 Å². The molecular formula is C19H22ClFN6O. The summed E-state index contributed by atoms with van der Waals surface area (Å²) < 4.78 is 15.1. The predicted octanol–water partition coefficient (Wildman–Crippen LogP) is 3.36. The number of hydrogen-bond acceptors (Lipinski definition) is 5. The van der Waals surface area contributed by atoms with Crippen LogP contribution in [0.15, 0.2) is 29.2 Å². The number of anilines is 2. The third-order valence-electron chi connectivity index (χ3n) is 4.87. The Morgan fingerprint density at radius 3 is 2.86 bits per heavy atom. The fraction of sp³-hybridized carbons (Fsp3) is 0.421. The molecule has 1 aliphatic heterocycles. The van der Waals surface area contributed by atoms with Crippen LogP contribution < -0.4 is 15.8 Å². The first kappa shape index (κ1) is 18.7. The van der Waals surface area contributed by atoms with E-state index in [-0.39, 0.29) is 22.2 Å². The number of aromatic nitrogens is 4. The average Bonchev–Trinajstić information content (AvgIpc) is 3.24. The molecule has 3 heterocycles. The lowest BCUT2D eigenvalue weighted by Gasteiger charge is -2.21. The monoisotopic (exact) mass is 404 g/mol. The molecule has 148 valence electrons. The first-order valence-corrected chi connectivity index (χ1v) is 9.55. The van der Waals surface area contributed by atoms with Crippen LogP contribution in [0.2, 0.25) is 5.02 Å². The summed E-state index contributed by atoms with van der Waals surface area (Å²) in [4.78, 5) is 21.9. The first-order valence-electron chi connectivity index (χ1n) is 9.17. The summed E-state index contributed by atoms with van der Waals surface area (Å²) in [6.45, 7) is 7.53. The SMILES string of the molecule is CC(C)(C)n1ncc2c(=O)[nH]c(NC3CCN(c4ccc(F)c(Cl)c4)C3)nc21. The van der Waals surface area contributed by atoms with Crippen molar-refractivity contribution in [2.24, 2.45) is 0 Å². The van der Waals surface area contributed by atoms with Gasteiger partial charge in [0, 0.05) is 24.8 Å². The molecule has 3 aromatic rings. The van der Waals surface area contributed by atoms with Crippen LogP contribution in [0.25, 0.3) is 11.0 Å². The molecule has 9 heteroatoms. The molecule has 1 aliphatic rings. The number of benzene rings is 1. The van der Waals surface area contributed by atoms with E-state index in [1.807, 2.05) is 20.8 Å². The minimum absolute atomic E-state index is 0.0930. The van der Waals surface area contributed by atoms with Gasteiger partial charge in [-0.3, -0.25) is 9.78 Å². The molecule has 1 saturated heterocycles. The summed E-state index contributed by atoms with van der Waals surface area (Å²) in [5, 5.41) is 8.21. The molecule has 1 fully saturated rings. The number of H-pyrrole nitrogens is 1. The molecule has 0 spiro atoms. The molecule has 1 atom stereocenters. The zero-order chi connectivity index (χ0) is 20.1. The van der Waals surface area contributed by atoms with Gasteiger partial charge in [-0.1, -0.05) is 11.6 Å². The maximum atomic E-state index is 13.4. The lowest BCUT2D eigenvalue weighted by atomic mass is 10.1. The fourth-order valence-corrected chi connectivity index (χ4v) is 3.64. The molecule has 7 nitrogen and oxygen atoms in total. The number of nitrogens with one attached hydrogen (secondary N) is 2. The minimum atomic E-state index is -0.426. The lowest BCUT2D eigenvalue weighted by Crippen LogP contribution is -2.28. The maximum absolute atomic E-state index is 13.4. The number of halogens is 2. The molecular weight excluding hydrogens is 383 g/mol. The Kier molecular flexibility index (Phi) is 4.53. The maximum Gasteiger partial charge on any atom is 0.263 e. The van der Waals surface area contributed by atoms with Crippen LogP contribution in [-0.2, 0) is 5.54 Å². The number of fused-ring (bicyclic) bond motifs is 1. The molecule has 1 unspecified atom stereocenters. The second-order valence-electron chi connectivity index (χ2n) is 8.05. The van der Waals surface area contributed by atoms with E-state index in [0.717, 1.165) is 18.7 Å². The Hall–Kier alpha value is -2.61. The quantitative estimate of drug-likeness (QED) is 0.699. The van der Waals surface area contributed by atoms with Crippen molar-refractivity contribution in [2.45, 2.75) is 38.8 Å². The summed E-state index contributed by atoms with van der Waals surface area (Å²) in [6.07, 6.45) is 2.40. The molecule has 0 radical (unpaired) electrons. The Morgan fingerprint density at radius 1 is 1.36 bits per heavy atom. The molecule has 0 saturated carbocycles. The Bertz CT molecular complexity index is 1090. The van der Waals surface area contributed by atoms with Gasteiger partial charge in [0.1, 0.15) is 11.2 Å². The molecule has 4 rings (SSSR count). The van der Waals surface area contributed by atoms with Crippen LogP contribution in [0.5, 0.6) is 0 Å². The number of rotatable bonds is 3. The van der Waals surface area contributed by atoms with Crippen LogP contribution in [0.1, 0.15) is 27.2 Å². The van der Waals surface area contributed by atoms with Crippen molar-refractivity contribution in [3.63, 3.8) is 0 Å². The Labute approximate surface area is 166 Å². The second-order valence-corrected chi connectivity index (χ2v) is 8.46. The van der Waals surface area contributed by atoms with E-state index < -0.39 is 5.82 Å². The van der Waals surface area contributed by atoms with Crippen LogP contribution >= 0.6 is 11.6 Å². The molecule has 0 amide bonds. The first-order chi connectivity index (χ1) is 13.2. The average molecular weight is 405 g/mol. The van der Waals surface area contributed by atoms with Gasteiger partial charge in [0.2, 0.25) is 5.95 Å². The topological polar surface area (TPSA) is 78.8 Å². The van der Waals surface area contributed by atoms with Crippen LogP contribution in [0.3, 0.4) is 0 Å². The zero-order valence-corrected chi connectivity index (χ0v) is 16.7. The van der Waals surface area contributed by atoms with Gasteiger partial charge >= 0.3 is 0 Å². The van der Waals surface area contributed by atoms with Gasteiger partial charge < -0.3 is 10.2 Å². The summed E-state index contributed by atoms with van der Waals surface area (Å²) in [6, 6.07) is 4.82. The Morgan fingerprint density at radius 2 is 2.14 bits per heavy atom. The van der Waals surface area contributed by atoms with Crippen molar-refractivity contribution in [2.75, 3.05) is 23.3 Å². The van der Waals surface area contributed by atoms with Crippen molar-refractivity contribution in [3.8, 4) is 0 Å². The van der Waals surface area contributed by atoms with Crippen molar-refractivity contribution >= 4 is 34.3 Å². The standard InChI is InChI=1S/C19H22ClFN6O/c1-19(2,3)27-16-13(9-22-27)17(28)25-18(24-16)23-11-6-7-26(10-11)12-4-5-15(21)14(20)8-12/h4-5,8-9,11H,6-7,10H2,1-3H3,(H2,23,24,25,28). The highest BCUT2D eigenvalue weighted by atomic mass is 35.5. The highest BCUT2D eigenvalue weighted by Gasteiger charge is 2.25. The van der Waals surface area contributed by atoms with E-state index in [0.29, 0.717) is 23.5 Å². The number of aromatic amines is 1. The summed E-state index contributed by atoms with van der Waals surface area (Å²) in [7, 11) is 0. The van der Waals surface area contributed by atoms with Gasteiger partial charge in [-0.05, 0) is 45.4 Å². The van der Waals surface area contributed by atoms with Crippen LogP contribution in [-0.4, -0.2) is 38.9 Å². The van der Waals surface area contributed by atoms with Crippen LogP contribution in [0, 0.1) is 5.82 Å². The zero-order valence-electron chi connectivity index (χ0n) is 16.0. The third-order valence-corrected chi connectivity index (χ3v) is 5.16. The van der Waals surface area contributed by atoms with Gasteiger partial charge in [-0.15, -0.1) is 0 Å². The van der Waals surface area contributed by atoms with Gasteiger partial charge in [0.05, 0.1) is 16.8 Å². The van der Waals surface area contributed by atoms with E-state index in [4.69, 9.17) is 11.6 Å². The fourth-order valence-electron chi connectivity index (χ4n) is 3.47. The molecule has 0 bridgehead atoms. The van der Waals surface area contributed by atoms with Gasteiger partial charge in [-0.25, -0.2) is 9.07 Å². The molecule has 1 aromatic carbocycles. The Balaban J connectivity index is 1.55. The van der Waals surface area contributed by atoms with E-state index in [9.17, 15) is 9.18 Å². The van der Waals surface area contributed by atoms with E-state index in [2.05, 4.69) is 25.3 Å². The summed E-state index contributed by atoms with van der Waals surface area (Å²) in [5.74, 6) is -0.00249. The number of nitrogens with zero attached hydrogens (tertiary/aromatic N) is 4. The van der Waals surface area contributed by atoms with Gasteiger partial charge in [0.25, 0.3) is 5.56 Å². The molecule has 2 N–H and O–H groups in total. The molecule has 28 heavy (non-hydrogen) atoms. The normalized spacial score (nSPS) is 17.5. The third kappa shape index (κ3) is 3.44. The van der Waals surface area contributed by atoms with Gasteiger partial charge in [0.15, 0.2) is 5.65 Å². The van der Waals surface area contributed by atoms with Crippen molar-refractivity contribution in [3.05, 3.63) is 45.6 Å². The summed E-state index contributed by atoms with van der Waals surface area (Å²) >= 11 is 5.90. The smallest absolute Gasteiger partial charge is 0.263 e. The highest BCUT2D eigenvalue weighted by Crippen LogP contribution is 2.26. The minimum Gasteiger partial charge on any atom is -0.369 e. The van der Waals surface area contributed by atoms with Crippen molar-refractivity contribution < 1.29 is 4.39 Å². The predicted molar refractivity (Wildman–Crippen MR) is 109 cm³/mol. The molecule has 2 aromatic heterocycles. The van der Waals surface area contributed by atoms with Crippen LogP contribution in [0.4, 0.5) is 16.0 Å². The summed E-state index contributed by atoms with van der Waals surface area (Å²) in [5.41, 5.74) is 0.923. The van der Waals surface area contributed by atoms with Crippen molar-refractivity contribution in [1.29, 1.82) is 0 Å². The highest BCUT2D eigenvalue weighted by molar-refractivity contribution is 6.31. The lowest BCUT2D eigenvalue weighted by molar-refractivity contribution is 0.366. The number of hydrogen-bond donors (Lipinski definition) is 2. The van der Waals surface area contributed by atoms with Gasteiger partial charge in [-0.2, -0.15) is 10.1 Å². The molecule has 0 aliphatic carbocycles. The van der Waals surface area contributed by atoms with E-state index in [1.54, 1.807) is 23.0 Å².